The van der Waals surface area contributed by atoms with Crippen LogP contribution in [-0.2, 0) is 7.05 Å². The predicted octanol–water partition coefficient (Wildman–Crippen LogP) is 2.76. The molecule has 0 spiro atoms. The van der Waals surface area contributed by atoms with Gasteiger partial charge in [-0.05, 0) is 46.8 Å². The fourth-order valence-electron chi connectivity index (χ4n) is 2.55. The van der Waals surface area contributed by atoms with Crippen molar-refractivity contribution in [3.05, 3.63) is 40.5 Å². The van der Waals surface area contributed by atoms with Crippen LogP contribution in [0, 0.1) is 27.7 Å². The third-order valence-corrected chi connectivity index (χ3v) is 3.59. The first kappa shape index (κ1) is 12.7. The molecule has 0 saturated heterocycles. The summed E-state index contributed by atoms with van der Waals surface area (Å²) in [5, 5.41) is 4.47. The number of aryl methyl sites for hydroxylation is 4. The summed E-state index contributed by atoms with van der Waals surface area (Å²) in [7, 11) is 1.99. The van der Waals surface area contributed by atoms with E-state index in [1.807, 2.05) is 11.7 Å². The molecule has 0 fully saturated rings. The predicted molar refractivity (Wildman–Crippen MR) is 74.4 cm³/mol. The van der Waals surface area contributed by atoms with Gasteiger partial charge in [-0.2, -0.15) is 5.10 Å². The van der Waals surface area contributed by atoms with E-state index in [1.165, 1.54) is 22.6 Å². The Morgan fingerprint density at radius 2 is 1.67 bits per heavy atom. The van der Waals surface area contributed by atoms with Gasteiger partial charge in [0.1, 0.15) is 0 Å². The number of nitrogens with zero attached hydrogens (tertiary/aromatic N) is 3. The molecule has 0 aliphatic heterocycles. The Balaban J connectivity index is 2.30. The second kappa shape index (κ2) is 4.52. The van der Waals surface area contributed by atoms with Gasteiger partial charge in [-0.25, -0.2) is 0 Å². The van der Waals surface area contributed by atoms with Crippen molar-refractivity contribution in [3.8, 4) is 0 Å². The monoisotopic (exact) mass is 246 g/mol. The Bertz CT molecular complexity index is 543. The lowest BCUT2D eigenvalue weighted by atomic mass is 10.1. The maximum Gasteiger partial charge on any atom is 0.0681 e. The summed E-state index contributed by atoms with van der Waals surface area (Å²) >= 11 is 0. The van der Waals surface area contributed by atoms with Crippen molar-refractivity contribution in [2.45, 2.75) is 40.7 Å². The summed E-state index contributed by atoms with van der Waals surface area (Å²) in [6, 6.07) is 4.49. The second-order valence-electron chi connectivity index (χ2n) is 5.01. The number of aromatic nitrogens is 3. The number of hydrogen-bond acceptors (Lipinski definition) is 2. The summed E-state index contributed by atoms with van der Waals surface area (Å²) in [6.07, 6.45) is 0. The minimum absolute atomic E-state index is 0.239. The quantitative estimate of drug-likeness (QED) is 0.903. The normalized spacial score (nSPS) is 12.8. The smallest absolute Gasteiger partial charge is 0.0681 e. The van der Waals surface area contributed by atoms with E-state index in [0.717, 1.165) is 5.69 Å². The number of nitrogens with one attached hydrogen (secondary N) is 1. The Kier molecular flexibility index (Phi) is 3.20. The van der Waals surface area contributed by atoms with Gasteiger partial charge in [0.2, 0.25) is 0 Å². The van der Waals surface area contributed by atoms with Crippen molar-refractivity contribution in [2.24, 2.45) is 7.05 Å². The molecule has 1 N–H and O–H groups in total. The van der Waals surface area contributed by atoms with Crippen LogP contribution in [0.4, 0.5) is 0 Å². The lowest BCUT2D eigenvalue weighted by molar-refractivity contribution is 0.688. The zero-order chi connectivity index (χ0) is 13.4. The van der Waals surface area contributed by atoms with Gasteiger partial charge in [0.15, 0.2) is 0 Å². The van der Waals surface area contributed by atoms with Gasteiger partial charge in [0.05, 0.1) is 11.7 Å². The van der Waals surface area contributed by atoms with Crippen LogP contribution >= 0.6 is 0 Å². The van der Waals surface area contributed by atoms with Gasteiger partial charge < -0.3 is 5.43 Å². The lowest BCUT2D eigenvalue weighted by Crippen LogP contribution is -2.21. The fourth-order valence-corrected chi connectivity index (χ4v) is 2.55. The highest BCUT2D eigenvalue weighted by atomic mass is 15.4. The maximum atomic E-state index is 4.47. The van der Waals surface area contributed by atoms with Gasteiger partial charge in [-0.15, -0.1) is 0 Å². The minimum Gasteiger partial charge on any atom is -0.319 e. The molecule has 2 rings (SSSR count). The fraction of sp³-hybridized carbons (Fsp3) is 0.500. The van der Waals surface area contributed by atoms with Crippen molar-refractivity contribution in [2.75, 3.05) is 5.43 Å². The standard InChI is InChI=1S/C14H22N4/c1-9-7-8-10(2)18(9)16-12(4)14-11(3)15-17(6)13(14)5/h7-8,12,16H,1-6H3. The third kappa shape index (κ3) is 2.03. The summed E-state index contributed by atoms with van der Waals surface area (Å²) in [5.74, 6) is 0. The molecular weight excluding hydrogens is 224 g/mol. The minimum atomic E-state index is 0.239. The van der Waals surface area contributed by atoms with Crippen LogP contribution < -0.4 is 5.43 Å². The lowest BCUT2D eigenvalue weighted by Gasteiger charge is -2.20. The average molecular weight is 246 g/mol. The van der Waals surface area contributed by atoms with Gasteiger partial charge in [0, 0.05) is 29.7 Å². The molecule has 0 radical (unpaired) electrons. The second-order valence-corrected chi connectivity index (χ2v) is 5.01. The Morgan fingerprint density at radius 1 is 1.11 bits per heavy atom. The molecule has 2 heterocycles. The Labute approximate surface area is 109 Å². The van der Waals surface area contributed by atoms with Crippen LogP contribution in [0.15, 0.2) is 12.1 Å². The van der Waals surface area contributed by atoms with Crippen molar-refractivity contribution in [3.63, 3.8) is 0 Å². The van der Waals surface area contributed by atoms with E-state index in [-0.39, 0.29) is 6.04 Å². The molecule has 1 atom stereocenters. The van der Waals surface area contributed by atoms with Gasteiger partial charge in [-0.3, -0.25) is 9.36 Å². The first-order valence-electron chi connectivity index (χ1n) is 6.33. The molecule has 4 heteroatoms. The van der Waals surface area contributed by atoms with Gasteiger partial charge >= 0.3 is 0 Å². The highest BCUT2D eigenvalue weighted by Gasteiger charge is 2.16. The molecule has 1 unspecified atom stereocenters. The molecule has 0 aliphatic rings. The molecule has 0 saturated carbocycles. The zero-order valence-corrected chi connectivity index (χ0v) is 12.1. The Morgan fingerprint density at radius 3 is 2.11 bits per heavy atom. The summed E-state index contributed by atoms with van der Waals surface area (Å²) in [5.41, 5.74) is 9.57. The maximum absolute atomic E-state index is 4.47. The molecule has 0 bridgehead atoms. The van der Waals surface area contributed by atoms with Crippen molar-refractivity contribution >= 4 is 0 Å². The van der Waals surface area contributed by atoms with Crippen molar-refractivity contribution in [1.29, 1.82) is 0 Å². The van der Waals surface area contributed by atoms with E-state index < -0.39 is 0 Å². The van der Waals surface area contributed by atoms with E-state index in [9.17, 15) is 0 Å². The average Bonchev–Trinajstić information content (AvgIpc) is 2.73. The van der Waals surface area contributed by atoms with Crippen LogP contribution in [0.3, 0.4) is 0 Å². The van der Waals surface area contributed by atoms with Crippen LogP contribution in [0.2, 0.25) is 0 Å². The van der Waals surface area contributed by atoms with E-state index in [1.54, 1.807) is 0 Å². The summed E-state index contributed by atoms with van der Waals surface area (Å²) < 4.78 is 4.08. The molecule has 0 aliphatic carbocycles. The van der Waals surface area contributed by atoms with E-state index >= 15 is 0 Å². The highest BCUT2D eigenvalue weighted by molar-refractivity contribution is 5.30. The topological polar surface area (TPSA) is 34.8 Å². The van der Waals surface area contributed by atoms with E-state index in [2.05, 4.69) is 62.0 Å². The Hall–Kier alpha value is -1.71. The largest absolute Gasteiger partial charge is 0.319 e. The van der Waals surface area contributed by atoms with E-state index in [0.29, 0.717) is 0 Å². The third-order valence-electron chi connectivity index (χ3n) is 3.59. The number of rotatable bonds is 3. The SMILES string of the molecule is Cc1nn(C)c(C)c1C(C)Nn1c(C)ccc1C. The van der Waals surface area contributed by atoms with Crippen molar-refractivity contribution in [1.82, 2.24) is 14.5 Å². The molecule has 0 aromatic carbocycles. The molecule has 2 aromatic rings. The molecular formula is C14H22N4. The van der Waals surface area contributed by atoms with Crippen molar-refractivity contribution < 1.29 is 0 Å². The van der Waals surface area contributed by atoms with Crippen LogP contribution in [0.1, 0.15) is 41.3 Å². The van der Waals surface area contributed by atoms with Gasteiger partial charge in [0.25, 0.3) is 0 Å². The molecule has 2 aromatic heterocycles. The molecule has 18 heavy (non-hydrogen) atoms. The molecule has 0 amide bonds. The zero-order valence-electron chi connectivity index (χ0n) is 12.1. The highest BCUT2D eigenvalue weighted by Crippen LogP contribution is 2.22. The molecule has 98 valence electrons. The van der Waals surface area contributed by atoms with E-state index in [4.69, 9.17) is 0 Å². The number of hydrogen-bond donors (Lipinski definition) is 1. The molecule has 4 nitrogen and oxygen atoms in total. The van der Waals surface area contributed by atoms with Crippen LogP contribution in [-0.4, -0.2) is 14.5 Å². The summed E-state index contributed by atoms with van der Waals surface area (Å²) in [6.45, 7) is 10.6. The van der Waals surface area contributed by atoms with Gasteiger partial charge in [-0.1, -0.05) is 0 Å². The summed E-state index contributed by atoms with van der Waals surface area (Å²) in [4.78, 5) is 0. The first-order valence-corrected chi connectivity index (χ1v) is 6.33. The van der Waals surface area contributed by atoms with Crippen LogP contribution in [0.5, 0.6) is 0 Å². The van der Waals surface area contributed by atoms with Crippen LogP contribution in [0.25, 0.3) is 0 Å². The first-order chi connectivity index (χ1) is 8.41.